The summed E-state index contributed by atoms with van der Waals surface area (Å²) in [6.07, 6.45) is 8.43. The molecule has 1 N–H and O–H groups in total. The van der Waals surface area contributed by atoms with Crippen molar-refractivity contribution in [2.45, 2.75) is 52.4 Å². The lowest BCUT2D eigenvalue weighted by Gasteiger charge is -2.19. The summed E-state index contributed by atoms with van der Waals surface area (Å²) >= 11 is 0. The normalized spacial score (nSPS) is 18.9. The van der Waals surface area contributed by atoms with Gasteiger partial charge in [0.1, 0.15) is 0 Å². The lowest BCUT2D eigenvalue weighted by Crippen LogP contribution is -2.29. The minimum absolute atomic E-state index is 0.886. The highest BCUT2D eigenvalue weighted by molar-refractivity contribution is 4.65. The van der Waals surface area contributed by atoms with Crippen molar-refractivity contribution in [2.75, 3.05) is 32.7 Å². The summed E-state index contributed by atoms with van der Waals surface area (Å²) in [7, 11) is 0. The van der Waals surface area contributed by atoms with Crippen LogP contribution in [0.25, 0.3) is 0 Å². The summed E-state index contributed by atoms with van der Waals surface area (Å²) in [5.74, 6) is 0.886. The van der Waals surface area contributed by atoms with Crippen molar-refractivity contribution in [1.29, 1.82) is 0 Å². The molecule has 0 atom stereocenters. The minimum atomic E-state index is 0.886. The zero-order valence-electron chi connectivity index (χ0n) is 11.3. The van der Waals surface area contributed by atoms with Crippen LogP contribution in [-0.2, 0) is 0 Å². The van der Waals surface area contributed by atoms with Crippen molar-refractivity contribution in [3.05, 3.63) is 0 Å². The van der Waals surface area contributed by atoms with Crippen molar-refractivity contribution in [3.8, 4) is 0 Å². The van der Waals surface area contributed by atoms with Crippen molar-refractivity contribution >= 4 is 0 Å². The van der Waals surface area contributed by atoms with Gasteiger partial charge in [-0.3, -0.25) is 0 Å². The van der Waals surface area contributed by atoms with E-state index in [2.05, 4.69) is 24.1 Å². The lowest BCUT2D eigenvalue weighted by atomic mass is 10.0. The van der Waals surface area contributed by atoms with Crippen LogP contribution < -0.4 is 5.32 Å². The van der Waals surface area contributed by atoms with Gasteiger partial charge < -0.3 is 10.2 Å². The van der Waals surface area contributed by atoms with E-state index >= 15 is 0 Å². The average molecular weight is 226 g/mol. The third kappa shape index (κ3) is 7.24. The van der Waals surface area contributed by atoms with E-state index in [1.54, 1.807) is 0 Å². The summed E-state index contributed by atoms with van der Waals surface area (Å²) < 4.78 is 0. The van der Waals surface area contributed by atoms with Crippen LogP contribution >= 0.6 is 0 Å². The lowest BCUT2D eigenvalue weighted by molar-refractivity contribution is 0.284. The molecule has 0 aromatic heterocycles. The molecule has 0 aliphatic carbocycles. The Morgan fingerprint density at radius 1 is 1.00 bits per heavy atom. The van der Waals surface area contributed by atoms with Gasteiger partial charge >= 0.3 is 0 Å². The maximum atomic E-state index is 3.46. The first kappa shape index (κ1) is 14.0. The van der Waals surface area contributed by atoms with E-state index in [9.17, 15) is 0 Å². The summed E-state index contributed by atoms with van der Waals surface area (Å²) in [5.41, 5.74) is 0. The van der Waals surface area contributed by atoms with Gasteiger partial charge in [-0.1, -0.05) is 39.5 Å². The van der Waals surface area contributed by atoms with Crippen LogP contribution in [0.15, 0.2) is 0 Å². The molecular weight excluding hydrogens is 196 g/mol. The zero-order valence-corrected chi connectivity index (χ0v) is 11.3. The molecule has 0 aromatic carbocycles. The van der Waals surface area contributed by atoms with Gasteiger partial charge in [-0.2, -0.15) is 0 Å². The van der Waals surface area contributed by atoms with Crippen LogP contribution in [0.1, 0.15) is 52.4 Å². The van der Waals surface area contributed by atoms with Crippen LogP contribution in [0.4, 0.5) is 0 Å². The first-order chi connectivity index (χ1) is 7.79. The van der Waals surface area contributed by atoms with Crippen LogP contribution in [-0.4, -0.2) is 37.6 Å². The van der Waals surface area contributed by atoms with Crippen molar-refractivity contribution in [2.24, 2.45) is 5.92 Å². The van der Waals surface area contributed by atoms with Gasteiger partial charge in [0.25, 0.3) is 0 Å². The number of nitrogens with one attached hydrogen (secondary N) is 1. The Labute approximate surface area is 102 Å². The molecule has 2 nitrogen and oxygen atoms in total. The van der Waals surface area contributed by atoms with Gasteiger partial charge in [0.15, 0.2) is 0 Å². The van der Waals surface area contributed by atoms with Crippen LogP contribution in [0.5, 0.6) is 0 Å². The smallest absolute Gasteiger partial charge is 0.0107 e. The van der Waals surface area contributed by atoms with E-state index < -0.39 is 0 Å². The molecule has 16 heavy (non-hydrogen) atoms. The van der Waals surface area contributed by atoms with E-state index in [-0.39, 0.29) is 0 Å². The number of rotatable bonds is 7. The fourth-order valence-electron chi connectivity index (χ4n) is 2.37. The quantitative estimate of drug-likeness (QED) is 0.672. The highest BCUT2D eigenvalue weighted by atomic mass is 15.1. The second-order valence-corrected chi connectivity index (χ2v) is 5.54. The molecular formula is C14H30N2. The summed E-state index contributed by atoms with van der Waals surface area (Å²) in [6, 6.07) is 0. The number of unbranched alkanes of at least 4 members (excludes halogenated alkanes) is 3. The molecule has 2 heteroatoms. The largest absolute Gasteiger partial charge is 0.315 e. The third-order valence-electron chi connectivity index (χ3n) is 3.44. The second-order valence-electron chi connectivity index (χ2n) is 5.54. The molecule has 1 heterocycles. The Balaban J connectivity index is 1.89. The summed E-state index contributed by atoms with van der Waals surface area (Å²) in [4.78, 5) is 2.63. The maximum Gasteiger partial charge on any atom is 0.0107 e. The molecule has 1 aliphatic rings. The predicted molar refractivity (Wildman–Crippen MR) is 71.8 cm³/mol. The van der Waals surface area contributed by atoms with Gasteiger partial charge in [0.2, 0.25) is 0 Å². The molecule has 0 spiro atoms. The van der Waals surface area contributed by atoms with E-state index in [4.69, 9.17) is 0 Å². The molecule has 96 valence electrons. The minimum Gasteiger partial charge on any atom is -0.315 e. The molecule has 0 radical (unpaired) electrons. The Morgan fingerprint density at radius 3 is 2.62 bits per heavy atom. The van der Waals surface area contributed by atoms with E-state index in [1.165, 1.54) is 71.2 Å². The average Bonchev–Trinajstić information content (AvgIpc) is 2.51. The molecule has 0 bridgehead atoms. The number of hydrogen-bond donors (Lipinski definition) is 1. The Kier molecular flexibility index (Phi) is 7.87. The number of hydrogen-bond acceptors (Lipinski definition) is 2. The van der Waals surface area contributed by atoms with Crippen LogP contribution in [0, 0.1) is 5.92 Å². The predicted octanol–water partition coefficient (Wildman–Crippen LogP) is 2.89. The van der Waals surface area contributed by atoms with Gasteiger partial charge in [-0.05, 0) is 38.4 Å². The Hall–Kier alpha value is -0.0800. The molecule has 1 aliphatic heterocycles. The zero-order chi connectivity index (χ0) is 11.6. The van der Waals surface area contributed by atoms with E-state index in [0.717, 1.165) is 5.92 Å². The molecule has 0 saturated carbocycles. The molecule has 1 rings (SSSR count). The highest BCUT2D eigenvalue weighted by Crippen LogP contribution is 2.10. The molecule has 0 unspecified atom stereocenters. The van der Waals surface area contributed by atoms with Crippen molar-refractivity contribution in [1.82, 2.24) is 10.2 Å². The molecule has 1 saturated heterocycles. The highest BCUT2D eigenvalue weighted by Gasteiger charge is 2.07. The van der Waals surface area contributed by atoms with Crippen molar-refractivity contribution < 1.29 is 0 Å². The first-order valence-corrected chi connectivity index (χ1v) is 7.22. The number of nitrogens with zero attached hydrogens (tertiary/aromatic N) is 1. The fraction of sp³-hybridized carbons (Fsp3) is 1.00. The molecule has 0 aromatic rings. The topological polar surface area (TPSA) is 15.3 Å². The second kappa shape index (κ2) is 9.00. The maximum absolute atomic E-state index is 3.46. The van der Waals surface area contributed by atoms with Gasteiger partial charge in [0, 0.05) is 13.1 Å². The van der Waals surface area contributed by atoms with Crippen molar-refractivity contribution in [3.63, 3.8) is 0 Å². The standard InChI is InChI=1S/C14H30N2/c1-14(2)8-5-3-4-6-11-16-12-7-9-15-10-13-16/h14-15H,3-13H2,1-2H3. The SMILES string of the molecule is CC(C)CCCCCCN1CCCNCC1. The monoisotopic (exact) mass is 226 g/mol. The van der Waals surface area contributed by atoms with Gasteiger partial charge in [-0.15, -0.1) is 0 Å². The van der Waals surface area contributed by atoms with Gasteiger partial charge in [-0.25, -0.2) is 0 Å². The van der Waals surface area contributed by atoms with E-state index in [0.29, 0.717) is 0 Å². The van der Waals surface area contributed by atoms with Crippen LogP contribution in [0.2, 0.25) is 0 Å². The van der Waals surface area contributed by atoms with Crippen LogP contribution in [0.3, 0.4) is 0 Å². The Bertz CT molecular complexity index is 149. The fourth-order valence-corrected chi connectivity index (χ4v) is 2.37. The summed E-state index contributed by atoms with van der Waals surface area (Å²) in [6.45, 7) is 10.9. The third-order valence-corrected chi connectivity index (χ3v) is 3.44. The molecule has 1 fully saturated rings. The van der Waals surface area contributed by atoms with Gasteiger partial charge in [0.05, 0.1) is 0 Å². The van der Waals surface area contributed by atoms with E-state index in [1.807, 2.05) is 0 Å². The first-order valence-electron chi connectivity index (χ1n) is 7.22. The molecule has 0 amide bonds. The summed E-state index contributed by atoms with van der Waals surface area (Å²) in [5, 5.41) is 3.46. The Morgan fingerprint density at radius 2 is 1.81 bits per heavy atom.